The Bertz CT molecular complexity index is 1200. The molecule has 1 aromatic heterocycles. The normalized spacial score (nSPS) is 20.9. The van der Waals surface area contributed by atoms with Crippen LogP contribution >= 0.6 is 0 Å². The number of alkyl halides is 3. The lowest BCUT2D eigenvalue weighted by Gasteiger charge is -2.40. The maximum absolute atomic E-state index is 14.3. The summed E-state index contributed by atoms with van der Waals surface area (Å²) >= 11 is 0. The molecule has 0 spiro atoms. The molecule has 1 aliphatic rings. The Kier molecular flexibility index (Phi) is 5.42. The van der Waals surface area contributed by atoms with Crippen molar-refractivity contribution in [2.24, 2.45) is 5.92 Å². The van der Waals surface area contributed by atoms with Gasteiger partial charge in [0.1, 0.15) is 11.3 Å². The Morgan fingerprint density at radius 3 is 2.53 bits per heavy atom. The Labute approximate surface area is 179 Å². The standard InChI is InChI=1S/C22H19F6N3O/c1-3-10-6-13(22(26,27)28)19(11-4-5-14(23)21(32)17(10)11)31-16-7-15(24)18(25)20-12(16)8-29-9(2)30-20/h4-5,7-8,10,13,19,31-32H,3,6H2,1-2H3/t10-,13+,19?/m1/s1. The molecule has 3 atom stereocenters. The number of benzene rings is 2. The van der Waals surface area contributed by atoms with Gasteiger partial charge in [-0.1, -0.05) is 13.0 Å². The molecule has 0 fully saturated rings. The minimum atomic E-state index is -4.64. The van der Waals surface area contributed by atoms with E-state index in [1.54, 1.807) is 6.92 Å². The summed E-state index contributed by atoms with van der Waals surface area (Å²) in [4.78, 5) is 7.82. The van der Waals surface area contributed by atoms with E-state index < -0.39 is 53.7 Å². The maximum atomic E-state index is 14.3. The first kappa shape index (κ1) is 22.2. The number of anilines is 1. The highest BCUT2D eigenvalue weighted by Gasteiger charge is 2.50. The third-order valence-electron chi connectivity index (χ3n) is 6.00. The summed E-state index contributed by atoms with van der Waals surface area (Å²) in [6.45, 7) is 3.12. The number of aromatic nitrogens is 2. The van der Waals surface area contributed by atoms with E-state index in [4.69, 9.17) is 0 Å². The van der Waals surface area contributed by atoms with Gasteiger partial charge in [0.25, 0.3) is 0 Å². The van der Waals surface area contributed by atoms with E-state index in [0.29, 0.717) is 0 Å². The van der Waals surface area contributed by atoms with Gasteiger partial charge in [0.2, 0.25) is 0 Å². The number of halogens is 6. The molecule has 0 radical (unpaired) electrons. The quantitative estimate of drug-likeness (QED) is 0.456. The van der Waals surface area contributed by atoms with Gasteiger partial charge in [-0.15, -0.1) is 0 Å². The van der Waals surface area contributed by atoms with Crippen molar-refractivity contribution in [2.75, 3.05) is 5.32 Å². The van der Waals surface area contributed by atoms with Crippen molar-refractivity contribution in [1.82, 2.24) is 9.97 Å². The fraction of sp³-hybridized carbons (Fsp3) is 0.364. The summed E-state index contributed by atoms with van der Waals surface area (Å²) in [6, 6.07) is 1.35. The van der Waals surface area contributed by atoms with Crippen LogP contribution in [0.4, 0.5) is 32.0 Å². The zero-order valence-electron chi connectivity index (χ0n) is 17.1. The van der Waals surface area contributed by atoms with Crippen LogP contribution in [0.3, 0.4) is 0 Å². The van der Waals surface area contributed by atoms with E-state index in [0.717, 1.165) is 12.1 Å². The van der Waals surface area contributed by atoms with Crippen molar-refractivity contribution in [1.29, 1.82) is 0 Å². The number of rotatable bonds is 3. The molecule has 0 amide bonds. The van der Waals surface area contributed by atoms with Crippen molar-refractivity contribution >= 4 is 16.6 Å². The second kappa shape index (κ2) is 7.83. The number of phenolic OH excluding ortho intramolecular Hbond substituents is 1. The fourth-order valence-corrected chi connectivity index (χ4v) is 4.45. The first-order chi connectivity index (χ1) is 15.0. The van der Waals surface area contributed by atoms with Crippen LogP contribution in [0.25, 0.3) is 10.9 Å². The SMILES string of the molecule is CC[C@@H]1C[C@H](C(F)(F)F)C(Nc2cc(F)c(F)c3nc(C)ncc23)c2ccc(F)c(O)c21. The number of hydrogen-bond acceptors (Lipinski definition) is 4. The van der Waals surface area contributed by atoms with Crippen LogP contribution in [0.1, 0.15) is 48.7 Å². The predicted molar refractivity (Wildman–Crippen MR) is 106 cm³/mol. The highest BCUT2D eigenvalue weighted by atomic mass is 19.4. The Morgan fingerprint density at radius 1 is 1.16 bits per heavy atom. The number of aryl methyl sites for hydroxylation is 1. The average Bonchev–Trinajstić information content (AvgIpc) is 2.73. The lowest BCUT2D eigenvalue weighted by molar-refractivity contribution is -0.184. The van der Waals surface area contributed by atoms with E-state index in [-0.39, 0.29) is 40.0 Å². The first-order valence-electron chi connectivity index (χ1n) is 9.98. The van der Waals surface area contributed by atoms with Gasteiger partial charge >= 0.3 is 6.18 Å². The summed E-state index contributed by atoms with van der Waals surface area (Å²) in [5, 5.41) is 13.0. The van der Waals surface area contributed by atoms with Crippen LogP contribution in [0, 0.1) is 30.3 Å². The van der Waals surface area contributed by atoms with Crippen LogP contribution in [0.15, 0.2) is 24.4 Å². The molecule has 0 saturated heterocycles. The lowest BCUT2D eigenvalue weighted by Crippen LogP contribution is -2.38. The Hall–Kier alpha value is -3.04. The summed E-state index contributed by atoms with van der Waals surface area (Å²) in [7, 11) is 0. The van der Waals surface area contributed by atoms with Gasteiger partial charge in [0.05, 0.1) is 12.0 Å². The molecule has 1 unspecified atom stereocenters. The molecule has 4 rings (SSSR count). The van der Waals surface area contributed by atoms with Crippen molar-refractivity contribution in [3.05, 3.63) is 58.8 Å². The molecule has 3 aromatic rings. The second-order valence-electron chi connectivity index (χ2n) is 7.91. The molecule has 2 N–H and O–H groups in total. The number of phenols is 1. The number of hydrogen-bond donors (Lipinski definition) is 2. The summed E-state index contributed by atoms with van der Waals surface area (Å²) in [5.74, 6) is -6.64. The van der Waals surface area contributed by atoms with Crippen molar-refractivity contribution < 1.29 is 31.4 Å². The molecular formula is C22H19F6N3O. The zero-order valence-corrected chi connectivity index (χ0v) is 17.1. The van der Waals surface area contributed by atoms with E-state index in [1.165, 1.54) is 19.2 Å². The van der Waals surface area contributed by atoms with E-state index in [9.17, 15) is 31.4 Å². The van der Waals surface area contributed by atoms with Crippen molar-refractivity contribution in [2.45, 2.75) is 44.8 Å². The molecule has 0 aliphatic heterocycles. The van der Waals surface area contributed by atoms with Crippen molar-refractivity contribution in [3.63, 3.8) is 0 Å². The van der Waals surface area contributed by atoms with E-state index in [2.05, 4.69) is 15.3 Å². The molecule has 32 heavy (non-hydrogen) atoms. The minimum absolute atomic E-state index is 0.000855. The van der Waals surface area contributed by atoms with Gasteiger partial charge in [0.15, 0.2) is 23.2 Å². The Morgan fingerprint density at radius 2 is 1.88 bits per heavy atom. The van der Waals surface area contributed by atoms with Gasteiger partial charge < -0.3 is 10.4 Å². The molecule has 0 saturated carbocycles. The number of nitrogens with zero attached hydrogens (tertiary/aromatic N) is 2. The highest BCUT2D eigenvalue weighted by molar-refractivity contribution is 5.91. The van der Waals surface area contributed by atoms with Gasteiger partial charge in [-0.25, -0.2) is 23.1 Å². The molecule has 10 heteroatoms. The summed E-state index contributed by atoms with van der Waals surface area (Å²) in [6.07, 6.45) is -3.59. The molecule has 4 nitrogen and oxygen atoms in total. The average molecular weight is 455 g/mol. The molecule has 1 heterocycles. The number of aromatic hydroxyl groups is 1. The van der Waals surface area contributed by atoms with Crippen LogP contribution in [-0.4, -0.2) is 21.3 Å². The third kappa shape index (κ3) is 3.61. The molecule has 1 aliphatic carbocycles. The largest absolute Gasteiger partial charge is 0.505 e. The van der Waals surface area contributed by atoms with Gasteiger partial charge in [-0.2, -0.15) is 13.2 Å². The topological polar surface area (TPSA) is 58.0 Å². The monoisotopic (exact) mass is 455 g/mol. The van der Waals surface area contributed by atoms with Gasteiger partial charge in [0, 0.05) is 28.9 Å². The Balaban J connectivity index is 1.92. The van der Waals surface area contributed by atoms with Crippen LogP contribution < -0.4 is 5.32 Å². The maximum Gasteiger partial charge on any atom is 0.394 e. The zero-order chi connectivity index (χ0) is 23.4. The molecule has 170 valence electrons. The minimum Gasteiger partial charge on any atom is -0.505 e. The van der Waals surface area contributed by atoms with Crippen LogP contribution in [-0.2, 0) is 0 Å². The van der Waals surface area contributed by atoms with Gasteiger partial charge in [-0.05, 0) is 37.3 Å². The van der Waals surface area contributed by atoms with E-state index >= 15 is 0 Å². The number of nitrogens with one attached hydrogen (secondary N) is 1. The fourth-order valence-electron chi connectivity index (χ4n) is 4.45. The predicted octanol–water partition coefficient (Wildman–Crippen LogP) is 6.29. The summed E-state index contributed by atoms with van der Waals surface area (Å²) in [5.41, 5.74) is -0.365. The van der Waals surface area contributed by atoms with Gasteiger partial charge in [-0.3, -0.25) is 0 Å². The third-order valence-corrected chi connectivity index (χ3v) is 6.00. The van der Waals surface area contributed by atoms with Crippen LogP contribution in [0.2, 0.25) is 0 Å². The highest BCUT2D eigenvalue weighted by Crippen LogP contribution is 2.53. The lowest BCUT2D eigenvalue weighted by atomic mass is 9.72. The molecule has 0 bridgehead atoms. The summed E-state index contributed by atoms with van der Waals surface area (Å²) < 4.78 is 84.8. The van der Waals surface area contributed by atoms with E-state index in [1.807, 2.05) is 0 Å². The number of fused-ring (bicyclic) bond motifs is 2. The molecule has 2 aromatic carbocycles. The second-order valence-corrected chi connectivity index (χ2v) is 7.91. The smallest absolute Gasteiger partial charge is 0.394 e. The first-order valence-corrected chi connectivity index (χ1v) is 9.98. The van der Waals surface area contributed by atoms with Crippen molar-refractivity contribution in [3.8, 4) is 5.75 Å². The van der Waals surface area contributed by atoms with Crippen LogP contribution in [0.5, 0.6) is 5.75 Å². The molecular weight excluding hydrogens is 436 g/mol.